The first kappa shape index (κ1) is 25.1. The summed E-state index contributed by atoms with van der Waals surface area (Å²) >= 11 is 6.14. The normalized spacial score (nSPS) is 30.6. The van der Waals surface area contributed by atoms with Crippen LogP contribution in [0.1, 0.15) is 49.8 Å². The van der Waals surface area contributed by atoms with E-state index in [9.17, 15) is 20.1 Å². The number of anilines is 1. The Bertz CT molecular complexity index is 1450. The zero-order valence-corrected chi connectivity index (χ0v) is 20.8. The largest absolute Gasteiger partial charge is 0.508 e. The van der Waals surface area contributed by atoms with Gasteiger partial charge >= 0.3 is 0 Å². The summed E-state index contributed by atoms with van der Waals surface area (Å²) in [5.41, 5.74) is 0.164. The average Bonchev–Trinajstić information content (AvgIpc) is 3.61. The van der Waals surface area contributed by atoms with Crippen molar-refractivity contribution < 1.29 is 24.9 Å². The third-order valence-corrected chi connectivity index (χ3v) is 9.45. The van der Waals surface area contributed by atoms with Crippen LogP contribution < -0.4 is 10.1 Å². The van der Waals surface area contributed by atoms with E-state index in [2.05, 4.69) is 10.2 Å². The number of phenols is 1. The fourth-order valence-electron chi connectivity index (χ4n) is 7.26. The van der Waals surface area contributed by atoms with Crippen molar-refractivity contribution >= 4 is 23.2 Å². The molecule has 2 fully saturated rings. The quantitative estimate of drug-likeness (QED) is 0.462. The van der Waals surface area contributed by atoms with Crippen LogP contribution in [0.5, 0.6) is 11.5 Å². The van der Waals surface area contributed by atoms with Gasteiger partial charge < -0.3 is 25.4 Å². The number of ether oxygens (including phenoxy) is 1. The maximum absolute atomic E-state index is 13.5. The van der Waals surface area contributed by atoms with Gasteiger partial charge in [-0.2, -0.15) is 5.26 Å². The predicted octanol–water partition coefficient (Wildman–Crippen LogP) is 4.18. The fraction of sp³-hybridized carbons (Fsp3) is 0.448. The highest BCUT2D eigenvalue weighted by Gasteiger charge is 2.73. The second-order valence-electron chi connectivity index (χ2n) is 11.1. The molecule has 8 nitrogen and oxygen atoms in total. The number of halogens is 1. The van der Waals surface area contributed by atoms with E-state index in [4.69, 9.17) is 21.6 Å². The maximum atomic E-state index is 13.5. The van der Waals surface area contributed by atoms with E-state index in [1.807, 2.05) is 12.1 Å². The number of carbonyl (C=O) groups excluding carboxylic acids is 1. The summed E-state index contributed by atoms with van der Waals surface area (Å²) in [6.45, 7) is 1.65. The second kappa shape index (κ2) is 8.37. The van der Waals surface area contributed by atoms with Crippen LogP contribution in [0.15, 0.2) is 41.7 Å². The van der Waals surface area contributed by atoms with E-state index in [0.29, 0.717) is 30.2 Å². The lowest BCUT2D eigenvalue weighted by atomic mass is 9.49. The van der Waals surface area contributed by atoms with Crippen LogP contribution in [-0.2, 0) is 16.6 Å². The van der Waals surface area contributed by atoms with Gasteiger partial charge in [0.05, 0.1) is 27.2 Å². The van der Waals surface area contributed by atoms with Gasteiger partial charge in [-0.05, 0) is 68.0 Å². The van der Waals surface area contributed by atoms with Crippen molar-refractivity contribution in [2.75, 3.05) is 18.4 Å². The molecule has 2 aromatic carbocycles. The Hall–Kier alpha value is -3.25. The molecule has 4 atom stereocenters. The van der Waals surface area contributed by atoms with E-state index in [0.717, 1.165) is 24.2 Å². The summed E-state index contributed by atoms with van der Waals surface area (Å²) in [6, 6.07) is 9.79. The Kier molecular flexibility index (Phi) is 5.52. The number of nitrogens with one attached hydrogen (secondary N) is 1. The maximum Gasteiger partial charge on any atom is 0.255 e. The number of aromatic hydroxyl groups is 1. The highest BCUT2D eigenvalue weighted by molar-refractivity contribution is 6.32. The molecule has 2 heterocycles. The Morgan fingerprint density at radius 3 is 2.76 bits per heavy atom. The number of phenolic OH excluding ortho intramolecular Hbond substituents is 1. The van der Waals surface area contributed by atoms with Crippen LogP contribution in [0.3, 0.4) is 0 Å². The molecule has 198 valence electrons. The molecule has 9 heteroatoms. The molecule has 1 amide bonds. The summed E-state index contributed by atoms with van der Waals surface area (Å²) < 4.78 is 6.22. The zero-order valence-electron chi connectivity index (χ0n) is 20.0. The van der Waals surface area contributed by atoms with Gasteiger partial charge in [-0.3, -0.25) is 9.69 Å². The van der Waals surface area contributed by atoms with Crippen molar-refractivity contribution in [3.63, 3.8) is 0 Å². The zero-order chi connectivity index (χ0) is 25.7. The van der Waals surface area contributed by atoms with E-state index >= 15 is 0 Å². The number of aliphatic hydroxyl groups is 2. The molecule has 5 aliphatic rings. The SMILES string of the molecule is C.N#Cc1ccc(NC(=O)C2=C(O)[C@@H]3Oc4c(O)ccc5c4[C@@]34CCN(CC3CC3)[C@H](C5)[C@]4(O)C2)cc1Cl. The molecule has 1 saturated carbocycles. The van der Waals surface area contributed by atoms with Gasteiger partial charge in [-0.25, -0.2) is 0 Å². The first-order valence-electron chi connectivity index (χ1n) is 12.7. The number of carbonyl (C=O) groups is 1. The number of amides is 1. The Labute approximate surface area is 226 Å². The first-order valence-corrected chi connectivity index (χ1v) is 13.1. The minimum Gasteiger partial charge on any atom is -0.508 e. The van der Waals surface area contributed by atoms with Crippen molar-refractivity contribution in [2.45, 2.75) is 62.7 Å². The van der Waals surface area contributed by atoms with Crippen molar-refractivity contribution in [1.82, 2.24) is 4.90 Å². The van der Waals surface area contributed by atoms with Crippen LogP contribution in [0.25, 0.3) is 0 Å². The van der Waals surface area contributed by atoms with Gasteiger partial charge in [0.15, 0.2) is 17.6 Å². The van der Waals surface area contributed by atoms with E-state index in [1.165, 1.54) is 25.0 Å². The molecule has 1 spiro atoms. The van der Waals surface area contributed by atoms with Gasteiger partial charge in [0.2, 0.25) is 0 Å². The van der Waals surface area contributed by atoms with Gasteiger partial charge in [0, 0.05) is 30.3 Å². The fourth-order valence-corrected chi connectivity index (χ4v) is 7.48. The van der Waals surface area contributed by atoms with Crippen LogP contribution in [0.4, 0.5) is 5.69 Å². The lowest BCUT2D eigenvalue weighted by Gasteiger charge is -2.62. The van der Waals surface area contributed by atoms with Crippen molar-refractivity contribution in [2.24, 2.45) is 5.92 Å². The minimum absolute atomic E-state index is 0. The van der Waals surface area contributed by atoms with Crippen molar-refractivity contribution in [3.8, 4) is 17.6 Å². The highest BCUT2D eigenvalue weighted by Crippen LogP contribution is 2.66. The van der Waals surface area contributed by atoms with Crippen LogP contribution in [0.2, 0.25) is 5.02 Å². The molecule has 4 N–H and O–H groups in total. The van der Waals surface area contributed by atoms with E-state index in [-0.39, 0.29) is 47.6 Å². The topological polar surface area (TPSA) is 126 Å². The van der Waals surface area contributed by atoms with Gasteiger partial charge in [0.25, 0.3) is 5.91 Å². The Morgan fingerprint density at radius 2 is 2.05 bits per heavy atom. The predicted molar refractivity (Wildman–Crippen MR) is 141 cm³/mol. The molecule has 3 aliphatic carbocycles. The summed E-state index contributed by atoms with van der Waals surface area (Å²) in [5, 5.41) is 46.9. The number of piperidine rings is 1. The number of benzene rings is 2. The standard InChI is InChI=1S/C28H26ClN3O5.CH4/c29-19-10-17(5-3-16(19)12-30)31-26(35)18-11-28(36)21-9-15-4-6-20(33)24-22(15)27(28,25(37-24)23(18)34)7-8-32(21)13-14-1-2-14;/h3-6,10,14,21,25,33-34,36H,1-2,7-9,11,13H2,(H,31,35);1H4/t21-,25+,27+,28-;/m1./s1. The highest BCUT2D eigenvalue weighted by atomic mass is 35.5. The average molecular weight is 536 g/mol. The third-order valence-electron chi connectivity index (χ3n) is 9.14. The Morgan fingerprint density at radius 1 is 1.26 bits per heavy atom. The number of nitriles is 1. The lowest BCUT2D eigenvalue weighted by molar-refractivity contribution is -0.172. The minimum atomic E-state index is -1.38. The van der Waals surface area contributed by atoms with Crippen molar-refractivity contribution in [1.29, 1.82) is 5.26 Å². The van der Waals surface area contributed by atoms with Crippen LogP contribution in [-0.4, -0.2) is 57.0 Å². The third kappa shape index (κ3) is 3.19. The molecule has 7 rings (SSSR count). The molecule has 0 radical (unpaired) electrons. The van der Waals surface area contributed by atoms with E-state index in [1.54, 1.807) is 12.1 Å². The number of likely N-dealkylation sites (tertiary alicyclic amines) is 1. The van der Waals surface area contributed by atoms with Crippen molar-refractivity contribution in [3.05, 3.63) is 63.4 Å². The summed E-state index contributed by atoms with van der Waals surface area (Å²) in [5.74, 6) is 0.0982. The molecule has 0 aromatic heterocycles. The molecule has 2 aliphatic heterocycles. The summed E-state index contributed by atoms with van der Waals surface area (Å²) in [4.78, 5) is 15.9. The van der Waals surface area contributed by atoms with Gasteiger partial charge in [-0.15, -0.1) is 0 Å². The molecular formula is C29H30ClN3O5. The number of nitrogens with zero attached hydrogens (tertiary/aromatic N) is 2. The lowest BCUT2D eigenvalue weighted by Crippen LogP contribution is -2.75. The molecule has 0 unspecified atom stereocenters. The number of hydrogen-bond acceptors (Lipinski definition) is 7. The number of hydrogen-bond donors (Lipinski definition) is 4. The van der Waals surface area contributed by atoms with Crippen LogP contribution in [0, 0.1) is 17.2 Å². The monoisotopic (exact) mass is 535 g/mol. The summed E-state index contributed by atoms with van der Waals surface area (Å²) in [6.07, 6.45) is 2.47. The molecule has 2 bridgehead atoms. The van der Waals surface area contributed by atoms with E-state index < -0.39 is 23.0 Å². The van der Waals surface area contributed by atoms with Crippen LogP contribution >= 0.6 is 11.6 Å². The molecular weight excluding hydrogens is 506 g/mol. The molecule has 38 heavy (non-hydrogen) atoms. The smallest absolute Gasteiger partial charge is 0.255 e. The second-order valence-corrected chi connectivity index (χ2v) is 11.5. The molecule has 2 aromatic rings. The first-order chi connectivity index (χ1) is 17.8. The molecule has 1 saturated heterocycles. The van der Waals surface area contributed by atoms with Gasteiger partial charge in [0.1, 0.15) is 11.8 Å². The summed E-state index contributed by atoms with van der Waals surface area (Å²) in [7, 11) is 0. The number of aliphatic hydroxyl groups excluding tert-OH is 1. The van der Waals surface area contributed by atoms with Gasteiger partial charge in [-0.1, -0.05) is 25.1 Å². The number of rotatable bonds is 4. The Balaban J connectivity index is 0.00000264.